The highest BCUT2D eigenvalue weighted by molar-refractivity contribution is 7.99. The summed E-state index contributed by atoms with van der Waals surface area (Å²) < 4.78 is 4.64. The van der Waals surface area contributed by atoms with Crippen LogP contribution >= 0.6 is 11.8 Å². The van der Waals surface area contributed by atoms with Crippen LogP contribution in [0, 0.1) is 0 Å². The number of Topliss-reactive ketones (excluding diaryl/α,β-unsaturated/α-hetero) is 1. The number of piperidine rings is 1. The molecule has 1 atom stereocenters. The molecule has 5 nitrogen and oxygen atoms in total. The molecule has 1 aromatic rings. The van der Waals surface area contributed by atoms with Crippen molar-refractivity contribution in [1.82, 2.24) is 4.90 Å². The summed E-state index contributed by atoms with van der Waals surface area (Å²) in [6.07, 6.45) is 5.50. The van der Waals surface area contributed by atoms with Crippen molar-refractivity contribution in [2.45, 2.75) is 57.4 Å². The van der Waals surface area contributed by atoms with Gasteiger partial charge in [0.2, 0.25) is 5.91 Å². The van der Waals surface area contributed by atoms with Crippen LogP contribution in [0.25, 0.3) is 0 Å². The zero-order valence-electron chi connectivity index (χ0n) is 16.7. The first-order chi connectivity index (χ1) is 13.6. The van der Waals surface area contributed by atoms with E-state index in [0.717, 1.165) is 49.3 Å². The van der Waals surface area contributed by atoms with E-state index >= 15 is 0 Å². The van der Waals surface area contributed by atoms with Crippen molar-refractivity contribution in [2.24, 2.45) is 0 Å². The molecule has 1 heterocycles. The second-order valence-corrected chi connectivity index (χ2v) is 8.39. The number of methoxy groups -OCH3 is 1. The summed E-state index contributed by atoms with van der Waals surface area (Å²) in [5.41, 5.74) is 1.05. The van der Waals surface area contributed by atoms with E-state index in [1.165, 1.54) is 7.11 Å². The minimum absolute atomic E-state index is 0.174. The fourth-order valence-electron chi connectivity index (χ4n) is 3.52. The van der Waals surface area contributed by atoms with Crippen LogP contribution in [-0.2, 0) is 25.5 Å². The quantitative estimate of drug-likeness (QED) is 0.392. The van der Waals surface area contributed by atoms with E-state index in [1.807, 2.05) is 35.2 Å². The van der Waals surface area contributed by atoms with E-state index in [-0.39, 0.29) is 23.7 Å². The van der Waals surface area contributed by atoms with Gasteiger partial charge in [-0.25, -0.2) is 0 Å². The molecule has 2 rings (SSSR count). The van der Waals surface area contributed by atoms with Gasteiger partial charge in [-0.2, -0.15) is 11.8 Å². The van der Waals surface area contributed by atoms with Gasteiger partial charge in [-0.1, -0.05) is 30.3 Å². The zero-order valence-corrected chi connectivity index (χ0v) is 17.5. The van der Waals surface area contributed by atoms with Crippen molar-refractivity contribution in [3.8, 4) is 0 Å². The minimum atomic E-state index is -0.174. The summed E-state index contributed by atoms with van der Waals surface area (Å²) in [6.45, 7) is 0.721. The third kappa shape index (κ3) is 8.05. The molecule has 1 fully saturated rings. The first-order valence-electron chi connectivity index (χ1n) is 10.1. The number of rotatable bonds is 12. The Kier molecular flexibility index (Phi) is 10.1. The Balaban J connectivity index is 1.71. The molecule has 0 radical (unpaired) electrons. The fourth-order valence-corrected chi connectivity index (χ4v) is 4.40. The highest BCUT2D eigenvalue weighted by atomic mass is 32.2. The molecule has 0 aromatic heterocycles. The Hall–Kier alpha value is -1.82. The molecule has 154 valence electrons. The molecule has 1 saturated heterocycles. The number of thioether (sulfide) groups is 1. The van der Waals surface area contributed by atoms with Crippen molar-refractivity contribution in [1.29, 1.82) is 0 Å². The van der Waals surface area contributed by atoms with Crippen molar-refractivity contribution >= 4 is 29.4 Å². The third-order valence-corrected chi connectivity index (χ3v) is 6.11. The largest absolute Gasteiger partial charge is 0.469 e. The first kappa shape index (κ1) is 22.5. The number of carbonyl (C=O) groups is 3. The topological polar surface area (TPSA) is 63.7 Å². The third-order valence-electron chi connectivity index (χ3n) is 5.06. The monoisotopic (exact) mass is 405 g/mol. The highest BCUT2D eigenvalue weighted by Gasteiger charge is 2.27. The molecule has 0 bridgehead atoms. The average Bonchev–Trinajstić information content (AvgIpc) is 2.70. The van der Waals surface area contributed by atoms with Crippen LogP contribution in [0.4, 0.5) is 0 Å². The van der Waals surface area contributed by atoms with E-state index in [4.69, 9.17) is 0 Å². The molecule has 1 aromatic carbocycles. The lowest BCUT2D eigenvalue weighted by atomic mass is 9.95. The molecule has 0 unspecified atom stereocenters. The number of esters is 1. The molecular weight excluding hydrogens is 374 g/mol. The van der Waals surface area contributed by atoms with Crippen LogP contribution in [0.3, 0.4) is 0 Å². The Bertz CT molecular complexity index is 635. The molecule has 0 N–H and O–H groups in total. The van der Waals surface area contributed by atoms with Crippen LogP contribution in [0.2, 0.25) is 0 Å². The van der Waals surface area contributed by atoms with Gasteiger partial charge in [0.1, 0.15) is 5.78 Å². The van der Waals surface area contributed by atoms with Gasteiger partial charge in [0.15, 0.2) is 0 Å². The number of amides is 1. The lowest BCUT2D eigenvalue weighted by Gasteiger charge is -2.35. The van der Waals surface area contributed by atoms with Gasteiger partial charge < -0.3 is 9.64 Å². The maximum absolute atomic E-state index is 12.4. The summed E-state index contributed by atoms with van der Waals surface area (Å²) in [5.74, 6) is 2.02. The number of ether oxygens (including phenoxy) is 1. The Labute approximate surface area is 172 Å². The second kappa shape index (κ2) is 12.6. The van der Waals surface area contributed by atoms with Gasteiger partial charge in [-0.3, -0.25) is 14.4 Å². The van der Waals surface area contributed by atoms with Crippen molar-refractivity contribution < 1.29 is 19.1 Å². The Morgan fingerprint density at radius 2 is 1.96 bits per heavy atom. The highest BCUT2D eigenvalue weighted by Crippen LogP contribution is 2.23. The predicted molar refractivity (Wildman–Crippen MR) is 112 cm³/mol. The lowest BCUT2D eigenvalue weighted by Crippen LogP contribution is -2.45. The maximum atomic E-state index is 12.4. The minimum Gasteiger partial charge on any atom is -0.469 e. The SMILES string of the molecule is COC(=O)CCCSCCN1C(=O)CCC[C@@H]1CCC(=O)Cc1ccccc1. The number of likely N-dealkylation sites (tertiary alicyclic amines) is 1. The molecular formula is C22H31NO4S. The molecule has 0 aliphatic carbocycles. The summed E-state index contributed by atoms with van der Waals surface area (Å²) in [7, 11) is 1.40. The number of carbonyl (C=O) groups excluding carboxylic acids is 3. The van der Waals surface area contributed by atoms with Crippen molar-refractivity contribution in [2.75, 3.05) is 25.2 Å². The number of hydrogen-bond donors (Lipinski definition) is 0. The van der Waals surface area contributed by atoms with Gasteiger partial charge in [0.05, 0.1) is 7.11 Å². The molecule has 1 aliphatic heterocycles. The van der Waals surface area contributed by atoms with Crippen molar-refractivity contribution in [3.05, 3.63) is 35.9 Å². The number of nitrogens with zero attached hydrogens (tertiary/aromatic N) is 1. The fraction of sp³-hybridized carbons (Fsp3) is 0.591. The van der Waals surface area contributed by atoms with Crippen LogP contribution < -0.4 is 0 Å². The first-order valence-corrected chi connectivity index (χ1v) is 11.2. The van der Waals surface area contributed by atoms with Gasteiger partial charge in [-0.05, 0) is 37.0 Å². The van der Waals surface area contributed by atoms with Crippen LogP contribution in [0.15, 0.2) is 30.3 Å². The lowest BCUT2D eigenvalue weighted by molar-refractivity contribution is -0.140. The molecule has 28 heavy (non-hydrogen) atoms. The van der Waals surface area contributed by atoms with Crippen molar-refractivity contribution in [3.63, 3.8) is 0 Å². The van der Waals surface area contributed by atoms with E-state index in [9.17, 15) is 14.4 Å². The summed E-state index contributed by atoms with van der Waals surface area (Å²) >= 11 is 1.76. The standard InChI is InChI=1S/C22H31NO4S/c1-27-22(26)11-6-15-28-16-14-23-19(9-5-10-21(23)25)12-13-20(24)17-18-7-3-2-4-8-18/h2-4,7-8,19H,5-6,9-17H2,1H3/t19-/m1/s1. The molecule has 1 aliphatic rings. The number of ketones is 1. The molecule has 1 amide bonds. The van der Waals surface area contributed by atoms with Gasteiger partial charge in [0.25, 0.3) is 0 Å². The summed E-state index contributed by atoms with van der Waals surface area (Å²) in [4.78, 5) is 37.8. The van der Waals surface area contributed by atoms with E-state index in [0.29, 0.717) is 25.7 Å². The van der Waals surface area contributed by atoms with E-state index in [2.05, 4.69) is 4.74 Å². The zero-order chi connectivity index (χ0) is 20.2. The summed E-state index contributed by atoms with van der Waals surface area (Å²) in [6, 6.07) is 9.99. The van der Waals surface area contributed by atoms with Gasteiger partial charge in [-0.15, -0.1) is 0 Å². The van der Waals surface area contributed by atoms with Gasteiger partial charge in [0, 0.05) is 44.0 Å². The summed E-state index contributed by atoms with van der Waals surface area (Å²) in [5, 5.41) is 0. The molecule has 0 saturated carbocycles. The van der Waals surface area contributed by atoms with Crippen LogP contribution in [0.1, 0.15) is 50.5 Å². The second-order valence-electron chi connectivity index (χ2n) is 7.16. The molecule has 6 heteroatoms. The normalized spacial score (nSPS) is 16.8. The molecule has 0 spiro atoms. The number of benzene rings is 1. The van der Waals surface area contributed by atoms with Crippen LogP contribution in [0.5, 0.6) is 0 Å². The van der Waals surface area contributed by atoms with Crippen LogP contribution in [-0.4, -0.2) is 53.8 Å². The number of hydrogen-bond acceptors (Lipinski definition) is 5. The van der Waals surface area contributed by atoms with Gasteiger partial charge >= 0.3 is 5.97 Å². The van der Waals surface area contributed by atoms with E-state index in [1.54, 1.807) is 11.8 Å². The predicted octanol–water partition coefficient (Wildman–Crippen LogP) is 3.65. The van der Waals surface area contributed by atoms with E-state index < -0.39 is 0 Å². The smallest absolute Gasteiger partial charge is 0.305 e. The Morgan fingerprint density at radius 3 is 2.71 bits per heavy atom. The maximum Gasteiger partial charge on any atom is 0.305 e. The Morgan fingerprint density at radius 1 is 1.18 bits per heavy atom. The average molecular weight is 406 g/mol.